The lowest BCUT2D eigenvalue weighted by molar-refractivity contribution is -0.120. The lowest BCUT2D eigenvalue weighted by atomic mass is 10.1. The van der Waals surface area contributed by atoms with E-state index in [0.29, 0.717) is 11.7 Å². The number of anilines is 1. The normalized spacial score (nSPS) is 11.2. The summed E-state index contributed by atoms with van der Waals surface area (Å²) in [5.41, 5.74) is 3.21. The van der Waals surface area contributed by atoms with E-state index in [1.807, 2.05) is 27.1 Å². The number of aromatic nitrogens is 1. The average molecular weight is 416 g/mol. The zero-order valence-electron chi connectivity index (χ0n) is 17.2. The minimum atomic E-state index is -0.481. The molecule has 5 nitrogen and oxygen atoms in total. The fourth-order valence-electron chi connectivity index (χ4n) is 2.98. The summed E-state index contributed by atoms with van der Waals surface area (Å²) in [6.45, 7) is 5.23. The molecule has 3 aromatic rings. The second-order valence-corrected chi connectivity index (χ2v) is 8.28. The van der Waals surface area contributed by atoms with Gasteiger partial charge in [-0.05, 0) is 70.2 Å². The van der Waals surface area contributed by atoms with Crippen molar-refractivity contribution >= 4 is 32.6 Å². The highest BCUT2D eigenvalue weighted by Gasteiger charge is 2.21. The minimum Gasteiger partial charge on any atom is -0.481 e. The van der Waals surface area contributed by atoms with Gasteiger partial charge < -0.3 is 9.64 Å². The van der Waals surface area contributed by atoms with Crippen molar-refractivity contribution in [3.63, 3.8) is 0 Å². The SMILES string of the molecule is Cc1ccc2sc(N(CCCN(C)C)C(=O)COc3ccccc3F)nc2c1C. The number of aryl methyl sites for hydroxylation is 2. The van der Waals surface area contributed by atoms with Gasteiger partial charge in [0, 0.05) is 6.54 Å². The topological polar surface area (TPSA) is 45.7 Å². The van der Waals surface area contributed by atoms with Gasteiger partial charge in [0.25, 0.3) is 5.91 Å². The first-order chi connectivity index (χ1) is 13.9. The number of para-hydroxylation sites is 1. The van der Waals surface area contributed by atoms with Gasteiger partial charge in [-0.15, -0.1) is 0 Å². The number of thiazole rings is 1. The first kappa shape index (κ1) is 21.2. The zero-order chi connectivity index (χ0) is 21.0. The molecule has 3 rings (SSSR count). The molecule has 0 spiro atoms. The van der Waals surface area contributed by atoms with Gasteiger partial charge in [0.15, 0.2) is 23.3 Å². The Balaban J connectivity index is 1.82. The molecule has 0 fully saturated rings. The van der Waals surface area contributed by atoms with Gasteiger partial charge in [0.1, 0.15) is 0 Å². The van der Waals surface area contributed by atoms with E-state index < -0.39 is 5.82 Å². The Kier molecular flexibility index (Phi) is 6.82. The number of ether oxygens (including phenoxy) is 1. The number of hydrogen-bond donors (Lipinski definition) is 0. The summed E-state index contributed by atoms with van der Waals surface area (Å²) in [6, 6.07) is 10.2. The van der Waals surface area contributed by atoms with Crippen LogP contribution in [-0.4, -0.2) is 49.6 Å². The molecule has 0 aliphatic heterocycles. The molecular weight excluding hydrogens is 389 g/mol. The van der Waals surface area contributed by atoms with Crippen molar-refractivity contribution in [3.8, 4) is 5.75 Å². The van der Waals surface area contributed by atoms with Gasteiger partial charge in [-0.2, -0.15) is 0 Å². The summed E-state index contributed by atoms with van der Waals surface area (Å²) in [6.07, 6.45) is 0.798. The average Bonchev–Trinajstić information content (AvgIpc) is 3.12. The van der Waals surface area contributed by atoms with Crippen molar-refractivity contribution in [2.75, 3.05) is 38.7 Å². The Morgan fingerprint density at radius 3 is 2.62 bits per heavy atom. The molecule has 0 bridgehead atoms. The molecule has 0 aliphatic rings. The van der Waals surface area contributed by atoms with Crippen molar-refractivity contribution in [2.24, 2.45) is 0 Å². The Labute approximate surface area is 174 Å². The molecular formula is C22H26FN3O2S. The maximum atomic E-state index is 13.8. The molecule has 0 N–H and O–H groups in total. The van der Waals surface area contributed by atoms with Crippen molar-refractivity contribution in [1.29, 1.82) is 0 Å². The third kappa shape index (κ3) is 5.10. The fraction of sp³-hybridized carbons (Fsp3) is 0.364. The van der Waals surface area contributed by atoms with Crippen LogP contribution >= 0.6 is 11.3 Å². The standard InChI is InChI=1S/C22H26FN3O2S/c1-15-10-11-19-21(16(15)2)24-22(29-19)26(13-7-12-25(3)4)20(27)14-28-18-9-6-5-8-17(18)23/h5-6,8-11H,7,12-14H2,1-4H3. The predicted octanol–water partition coefficient (Wildman–Crippen LogP) is 4.42. The van der Waals surface area contributed by atoms with Crippen LogP contribution in [-0.2, 0) is 4.79 Å². The predicted molar refractivity (Wildman–Crippen MR) is 117 cm³/mol. The third-order valence-electron chi connectivity index (χ3n) is 4.78. The summed E-state index contributed by atoms with van der Waals surface area (Å²) in [4.78, 5) is 21.4. The molecule has 0 unspecified atom stereocenters. The van der Waals surface area contributed by atoms with E-state index in [0.717, 1.165) is 28.7 Å². The van der Waals surface area contributed by atoms with E-state index in [-0.39, 0.29) is 18.3 Å². The van der Waals surface area contributed by atoms with Crippen LogP contribution in [0.15, 0.2) is 36.4 Å². The second kappa shape index (κ2) is 9.33. The number of carbonyl (C=O) groups is 1. The van der Waals surface area contributed by atoms with Crippen molar-refractivity contribution < 1.29 is 13.9 Å². The third-order valence-corrected chi connectivity index (χ3v) is 5.82. The molecule has 0 atom stereocenters. The van der Waals surface area contributed by atoms with E-state index in [2.05, 4.69) is 17.9 Å². The first-order valence-corrected chi connectivity index (χ1v) is 10.4. The highest BCUT2D eigenvalue weighted by atomic mass is 32.1. The van der Waals surface area contributed by atoms with Gasteiger partial charge in [-0.25, -0.2) is 9.37 Å². The van der Waals surface area contributed by atoms with E-state index in [1.54, 1.807) is 17.0 Å². The Bertz CT molecular complexity index is 1000. The Morgan fingerprint density at radius 1 is 1.14 bits per heavy atom. The fourth-order valence-corrected chi connectivity index (χ4v) is 4.05. The van der Waals surface area contributed by atoms with Crippen LogP contribution in [0.3, 0.4) is 0 Å². The van der Waals surface area contributed by atoms with E-state index in [4.69, 9.17) is 9.72 Å². The van der Waals surface area contributed by atoms with Gasteiger partial charge >= 0.3 is 0 Å². The van der Waals surface area contributed by atoms with Gasteiger partial charge in [-0.1, -0.05) is 29.5 Å². The number of rotatable bonds is 8. The molecule has 1 amide bonds. The lowest BCUT2D eigenvalue weighted by Gasteiger charge is -2.21. The van der Waals surface area contributed by atoms with Crippen LogP contribution in [0.4, 0.5) is 9.52 Å². The van der Waals surface area contributed by atoms with Crippen LogP contribution in [0.25, 0.3) is 10.2 Å². The number of amides is 1. The monoisotopic (exact) mass is 415 g/mol. The molecule has 29 heavy (non-hydrogen) atoms. The second-order valence-electron chi connectivity index (χ2n) is 7.27. The number of nitrogens with zero attached hydrogens (tertiary/aromatic N) is 3. The van der Waals surface area contributed by atoms with E-state index >= 15 is 0 Å². The van der Waals surface area contributed by atoms with Crippen molar-refractivity contribution in [2.45, 2.75) is 20.3 Å². The van der Waals surface area contributed by atoms with E-state index in [1.165, 1.54) is 29.0 Å². The molecule has 0 radical (unpaired) electrons. The summed E-state index contributed by atoms with van der Waals surface area (Å²) in [5, 5.41) is 0.648. The minimum absolute atomic E-state index is 0.0739. The molecule has 0 saturated carbocycles. The van der Waals surface area contributed by atoms with Crippen LogP contribution in [0.2, 0.25) is 0 Å². The lowest BCUT2D eigenvalue weighted by Crippen LogP contribution is -2.37. The number of fused-ring (bicyclic) bond motifs is 1. The highest BCUT2D eigenvalue weighted by Crippen LogP contribution is 2.32. The molecule has 154 valence electrons. The van der Waals surface area contributed by atoms with Gasteiger partial charge in [0.2, 0.25) is 0 Å². The molecule has 0 saturated heterocycles. The first-order valence-electron chi connectivity index (χ1n) is 9.56. The van der Waals surface area contributed by atoms with Crippen LogP contribution in [0.1, 0.15) is 17.5 Å². The summed E-state index contributed by atoms with van der Waals surface area (Å²) >= 11 is 1.49. The molecule has 1 aromatic heterocycles. The zero-order valence-corrected chi connectivity index (χ0v) is 18.1. The number of benzene rings is 2. The quantitative estimate of drug-likeness (QED) is 0.547. The maximum absolute atomic E-state index is 13.8. The summed E-state index contributed by atoms with van der Waals surface area (Å²) in [7, 11) is 3.99. The number of carbonyl (C=O) groups excluding carboxylic acids is 1. The molecule has 0 aliphatic carbocycles. The Hall–Kier alpha value is -2.51. The summed E-state index contributed by atoms with van der Waals surface area (Å²) < 4.78 is 20.3. The molecule has 7 heteroatoms. The molecule has 2 aromatic carbocycles. The van der Waals surface area contributed by atoms with E-state index in [9.17, 15) is 9.18 Å². The highest BCUT2D eigenvalue weighted by molar-refractivity contribution is 7.22. The number of hydrogen-bond acceptors (Lipinski definition) is 5. The largest absolute Gasteiger partial charge is 0.481 e. The van der Waals surface area contributed by atoms with Gasteiger partial charge in [0.05, 0.1) is 10.2 Å². The van der Waals surface area contributed by atoms with Crippen LogP contribution < -0.4 is 9.64 Å². The van der Waals surface area contributed by atoms with Gasteiger partial charge in [-0.3, -0.25) is 9.69 Å². The smallest absolute Gasteiger partial charge is 0.266 e. The summed E-state index contributed by atoms with van der Waals surface area (Å²) in [5.74, 6) is -0.643. The van der Waals surface area contributed by atoms with Crippen molar-refractivity contribution in [1.82, 2.24) is 9.88 Å². The van der Waals surface area contributed by atoms with Crippen LogP contribution in [0, 0.1) is 19.7 Å². The number of halogens is 1. The Morgan fingerprint density at radius 2 is 1.90 bits per heavy atom. The van der Waals surface area contributed by atoms with Crippen LogP contribution in [0.5, 0.6) is 5.75 Å². The molecule has 1 heterocycles. The van der Waals surface area contributed by atoms with Crippen molar-refractivity contribution in [3.05, 3.63) is 53.3 Å². The maximum Gasteiger partial charge on any atom is 0.266 e.